The second kappa shape index (κ2) is 6.83. The number of likely N-dealkylation sites (tertiary alicyclic amines) is 1. The number of aryl methyl sites for hydroxylation is 2. The van der Waals surface area contributed by atoms with Gasteiger partial charge in [0.15, 0.2) is 0 Å². The molecule has 1 unspecified atom stereocenters. The summed E-state index contributed by atoms with van der Waals surface area (Å²) in [5, 5.41) is 2.22. The minimum Gasteiger partial charge on any atom is -0.423 e. The van der Waals surface area contributed by atoms with Crippen LogP contribution in [0, 0.1) is 13.8 Å². The Morgan fingerprint density at radius 1 is 1.18 bits per heavy atom. The zero-order chi connectivity index (χ0) is 19.3. The summed E-state index contributed by atoms with van der Waals surface area (Å²) in [5.74, 6) is 0. The van der Waals surface area contributed by atoms with Gasteiger partial charge >= 0.3 is 5.63 Å². The molecular formula is C23H22N2O2S. The molecule has 142 valence electrons. The maximum Gasteiger partial charge on any atom is 0.336 e. The first kappa shape index (κ1) is 17.6. The molecule has 0 radical (unpaired) electrons. The maximum atomic E-state index is 12.1. The molecule has 28 heavy (non-hydrogen) atoms. The van der Waals surface area contributed by atoms with Crippen molar-refractivity contribution in [2.24, 2.45) is 0 Å². The zero-order valence-electron chi connectivity index (χ0n) is 16.1. The minimum absolute atomic E-state index is 0.276. The highest BCUT2D eigenvalue weighted by Gasteiger charge is 2.29. The minimum atomic E-state index is -0.276. The van der Waals surface area contributed by atoms with Crippen molar-refractivity contribution in [2.45, 2.75) is 39.3 Å². The summed E-state index contributed by atoms with van der Waals surface area (Å²) in [6, 6.07) is 14.4. The third-order valence-electron chi connectivity index (χ3n) is 5.78. The van der Waals surface area contributed by atoms with Crippen LogP contribution in [-0.2, 0) is 6.54 Å². The van der Waals surface area contributed by atoms with Gasteiger partial charge < -0.3 is 4.42 Å². The lowest BCUT2D eigenvalue weighted by Crippen LogP contribution is -2.23. The summed E-state index contributed by atoms with van der Waals surface area (Å²) < 4.78 is 6.71. The van der Waals surface area contributed by atoms with Crippen LogP contribution < -0.4 is 5.63 Å². The molecule has 0 saturated carbocycles. The van der Waals surface area contributed by atoms with Crippen molar-refractivity contribution >= 4 is 32.5 Å². The molecule has 1 fully saturated rings. The Morgan fingerprint density at radius 2 is 2.00 bits per heavy atom. The van der Waals surface area contributed by atoms with Crippen molar-refractivity contribution in [3.8, 4) is 0 Å². The summed E-state index contributed by atoms with van der Waals surface area (Å²) in [5.41, 5.74) is 4.88. The van der Waals surface area contributed by atoms with Gasteiger partial charge in [-0.2, -0.15) is 0 Å². The van der Waals surface area contributed by atoms with Crippen LogP contribution >= 0.6 is 11.3 Å². The van der Waals surface area contributed by atoms with E-state index < -0.39 is 0 Å². The Bertz CT molecular complexity index is 1210. The predicted molar refractivity (Wildman–Crippen MR) is 114 cm³/mol. The van der Waals surface area contributed by atoms with Crippen molar-refractivity contribution in [3.05, 3.63) is 74.6 Å². The average Bonchev–Trinajstić information content (AvgIpc) is 3.29. The standard InChI is InChI=1S/C23H22N2O2S/c1-14-10-17-16(12-22(26)27-20(17)11-15(14)2)13-25-9-5-7-19(25)23-24-18-6-3-4-8-21(18)28-23/h3-4,6,8,10-12,19H,5,7,9,13H2,1-2H3. The fourth-order valence-corrected chi connectivity index (χ4v) is 5.30. The molecule has 0 spiro atoms. The normalized spacial score (nSPS) is 17.7. The number of aromatic nitrogens is 1. The van der Waals surface area contributed by atoms with Gasteiger partial charge in [-0.25, -0.2) is 9.78 Å². The number of hydrogen-bond acceptors (Lipinski definition) is 5. The molecule has 1 atom stereocenters. The first-order valence-electron chi connectivity index (χ1n) is 9.72. The van der Waals surface area contributed by atoms with Gasteiger partial charge in [-0.05, 0) is 74.2 Å². The second-order valence-electron chi connectivity index (χ2n) is 7.67. The monoisotopic (exact) mass is 390 g/mol. The van der Waals surface area contributed by atoms with E-state index in [4.69, 9.17) is 9.40 Å². The van der Waals surface area contributed by atoms with Gasteiger partial charge in [0.05, 0.1) is 16.3 Å². The third-order valence-corrected chi connectivity index (χ3v) is 6.91. The molecule has 0 N–H and O–H groups in total. The summed E-state index contributed by atoms with van der Waals surface area (Å²) in [6.07, 6.45) is 2.26. The molecule has 3 heterocycles. The molecule has 1 saturated heterocycles. The largest absolute Gasteiger partial charge is 0.423 e. The quantitative estimate of drug-likeness (QED) is 0.442. The summed E-state index contributed by atoms with van der Waals surface area (Å²) >= 11 is 1.79. The summed E-state index contributed by atoms with van der Waals surface area (Å²) in [7, 11) is 0. The SMILES string of the molecule is Cc1cc2oc(=O)cc(CN3CCCC3c3nc4ccccc4s3)c2cc1C. The van der Waals surface area contributed by atoms with Crippen molar-refractivity contribution < 1.29 is 4.42 Å². The highest BCUT2D eigenvalue weighted by atomic mass is 32.1. The van der Waals surface area contributed by atoms with Crippen LogP contribution in [0.4, 0.5) is 0 Å². The Balaban J connectivity index is 1.53. The van der Waals surface area contributed by atoms with E-state index in [0.29, 0.717) is 11.6 Å². The van der Waals surface area contributed by atoms with E-state index in [-0.39, 0.29) is 5.63 Å². The van der Waals surface area contributed by atoms with Crippen LogP contribution in [0.25, 0.3) is 21.2 Å². The molecule has 5 heteroatoms. The van der Waals surface area contributed by atoms with E-state index in [9.17, 15) is 4.79 Å². The Morgan fingerprint density at radius 3 is 2.86 bits per heavy atom. The topological polar surface area (TPSA) is 46.3 Å². The predicted octanol–water partition coefficient (Wildman–Crippen LogP) is 5.36. The number of para-hydroxylation sites is 1. The molecular weight excluding hydrogens is 368 g/mol. The Hall–Kier alpha value is -2.50. The van der Waals surface area contributed by atoms with Crippen LogP contribution in [0.3, 0.4) is 0 Å². The lowest BCUT2D eigenvalue weighted by atomic mass is 10.0. The maximum absolute atomic E-state index is 12.1. The lowest BCUT2D eigenvalue weighted by Gasteiger charge is -2.23. The van der Waals surface area contributed by atoms with E-state index in [0.717, 1.165) is 48.0 Å². The fraction of sp³-hybridized carbons (Fsp3) is 0.304. The number of benzene rings is 2. The van der Waals surface area contributed by atoms with Crippen LogP contribution in [0.1, 0.15) is 40.6 Å². The first-order chi connectivity index (χ1) is 13.6. The van der Waals surface area contributed by atoms with Gasteiger partial charge in [-0.1, -0.05) is 12.1 Å². The van der Waals surface area contributed by atoms with E-state index in [1.54, 1.807) is 17.4 Å². The Labute approximate surface area is 167 Å². The molecule has 2 aromatic heterocycles. The molecule has 1 aliphatic heterocycles. The van der Waals surface area contributed by atoms with E-state index in [1.807, 2.05) is 19.1 Å². The molecule has 5 rings (SSSR count). The fourth-order valence-electron chi connectivity index (χ4n) is 4.16. The number of hydrogen-bond donors (Lipinski definition) is 0. The highest BCUT2D eigenvalue weighted by molar-refractivity contribution is 7.18. The molecule has 4 nitrogen and oxygen atoms in total. The average molecular weight is 391 g/mol. The number of rotatable bonds is 3. The zero-order valence-corrected chi connectivity index (χ0v) is 16.9. The van der Waals surface area contributed by atoms with Crippen LogP contribution in [0.15, 0.2) is 51.7 Å². The highest BCUT2D eigenvalue weighted by Crippen LogP contribution is 2.37. The number of nitrogens with zero attached hydrogens (tertiary/aromatic N) is 2. The van der Waals surface area contributed by atoms with Gasteiger partial charge in [0, 0.05) is 18.0 Å². The van der Waals surface area contributed by atoms with Gasteiger partial charge in [-0.15, -0.1) is 11.3 Å². The molecule has 0 amide bonds. The number of thiazole rings is 1. The van der Waals surface area contributed by atoms with Crippen molar-refractivity contribution in [1.82, 2.24) is 9.88 Å². The van der Waals surface area contributed by atoms with Crippen molar-refractivity contribution in [2.75, 3.05) is 6.54 Å². The van der Waals surface area contributed by atoms with Crippen LogP contribution in [-0.4, -0.2) is 16.4 Å². The van der Waals surface area contributed by atoms with E-state index in [2.05, 4.69) is 36.1 Å². The second-order valence-corrected chi connectivity index (χ2v) is 8.73. The lowest BCUT2D eigenvalue weighted by molar-refractivity contribution is 0.248. The molecule has 4 aromatic rings. The van der Waals surface area contributed by atoms with Crippen molar-refractivity contribution in [1.29, 1.82) is 0 Å². The van der Waals surface area contributed by atoms with Gasteiger partial charge in [0.1, 0.15) is 10.6 Å². The molecule has 1 aliphatic rings. The van der Waals surface area contributed by atoms with Crippen LogP contribution in [0.5, 0.6) is 0 Å². The summed E-state index contributed by atoms with van der Waals surface area (Å²) in [6.45, 7) is 5.91. The van der Waals surface area contributed by atoms with E-state index >= 15 is 0 Å². The first-order valence-corrected chi connectivity index (χ1v) is 10.5. The molecule has 0 bridgehead atoms. The summed E-state index contributed by atoms with van der Waals surface area (Å²) in [4.78, 5) is 19.5. The number of fused-ring (bicyclic) bond motifs is 2. The third kappa shape index (κ3) is 3.05. The van der Waals surface area contributed by atoms with Crippen LogP contribution in [0.2, 0.25) is 0 Å². The Kier molecular flexibility index (Phi) is 4.29. The van der Waals surface area contributed by atoms with Gasteiger partial charge in [0.25, 0.3) is 0 Å². The smallest absolute Gasteiger partial charge is 0.336 e. The molecule has 2 aromatic carbocycles. The van der Waals surface area contributed by atoms with E-state index in [1.165, 1.54) is 15.3 Å². The molecule has 0 aliphatic carbocycles. The van der Waals surface area contributed by atoms with Gasteiger partial charge in [0.2, 0.25) is 0 Å². The van der Waals surface area contributed by atoms with Crippen molar-refractivity contribution in [3.63, 3.8) is 0 Å². The van der Waals surface area contributed by atoms with Gasteiger partial charge in [-0.3, -0.25) is 4.90 Å².